The van der Waals surface area contributed by atoms with Gasteiger partial charge in [-0.2, -0.15) is 16.1 Å². The molecule has 1 unspecified atom stereocenters. The molecule has 4 nitrogen and oxygen atoms in total. The Labute approximate surface area is 143 Å². The second-order valence-electron chi connectivity index (χ2n) is 4.90. The molecule has 0 spiro atoms. The molecular weight excluding hydrogens is 392 g/mol. The SMILES string of the molecule is CCNCc1cc(S(=O)(=O)N2CCSC(CC)C2)c(Br)s1. The Bertz CT molecular complexity index is 574. The van der Waals surface area contributed by atoms with Gasteiger partial charge in [0, 0.05) is 35.5 Å². The molecular formula is C13H21BrN2O2S3. The van der Waals surface area contributed by atoms with Gasteiger partial charge in [0.25, 0.3) is 0 Å². The van der Waals surface area contributed by atoms with E-state index in [0.717, 1.165) is 23.6 Å². The zero-order chi connectivity index (χ0) is 15.5. The summed E-state index contributed by atoms with van der Waals surface area (Å²) in [5.74, 6) is 0.879. The van der Waals surface area contributed by atoms with Crippen LogP contribution in [0.4, 0.5) is 0 Å². The van der Waals surface area contributed by atoms with Crippen molar-refractivity contribution in [2.75, 3.05) is 25.4 Å². The van der Waals surface area contributed by atoms with Gasteiger partial charge < -0.3 is 5.32 Å². The van der Waals surface area contributed by atoms with Crippen LogP contribution in [0.1, 0.15) is 25.1 Å². The molecule has 0 radical (unpaired) electrons. The Morgan fingerprint density at radius 2 is 2.24 bits per heavy atom. The van der Waals surface area contributed by atoms with Gasteiger partial charge in [-0.15, -0.1) is 11.3 Å². The molecule has 0 bridgehead atoms. The summed E-state index contributed by atoms with van der Waals surface area (Å²) in [6.45, 7) is 6.96. The third-order valence-corrected chi connectivity index (χ3v) is 8.92. The van der Waals surface area contributed by atoms with E-state index >= 15 is 0 Å². The molecule has 1 aliphatic heterocycles. The predicted octanol–water partition coefficient (Wildman–Crippen LogP) is 3.14. The lowest BCUT2D eigenvalue weighted by Gasteiger charge is -2.30. The van der Waals surface area contributed by atoms with E-state index < -0.39 is 10.0 Å². The van der Waals surface area contributed by atoms with Crippen LogP contribution in [0.3, 0.4) is 0 Å². The summed E-state index contributed by atoms with van der Waals surface area (Å²) >= 11 is 6.79. The van der Waals surface area contributed by atoms with E-state index in [0.29, 0.717) is 33.6 Å². The third-order valence-electron chi connectivity index (χ3n) is 3.43. The number of sulfonamides is 1. The van der Waals surface area contributed by atoms with E-state index in [-0.39, 0.29) is 0 Å². The fraction of sp³-hybridized carbons (Fsp3) is 0.692. The van der Waals surface area contributed by atoms with Crippen LogP contribution in [0.2, 0.25) is 0 Å². The Morgan fingerprint density at radius 1 is 1.48 bits per heavy atom. The van der Waals surface area contributed by atoms with Gasteiger partial charge in [-0.3, -0.25) is 0 Å². The molecule has 1 fully saturated rings. The standard InChI is InChI=1S/C13H21BrN2O2S3/c1-3-10-9-16(5-6-19-10)21(17,18)12-7-11(8-15-4-2)20-13(12)14/h7,10,15H,3-6,8-9H2,1-2H3. The Hall–Kier alpha value is 0.400. The molecule has 1 saturated heterocycles. The minimum absolute atomic E-state index is 0.409. The van der Waals surface area contributed by atoms with E-state index in [9.17, 15) is 8.42 Å². The van der Waals surface area contributed by atoms with Gasteiger partial charge in [-0.05, 0) is 35.0 Å². The van der Waals surface area contributed by atoms with Crippen molar-refractivity contribution in [3.05, 3.63) is 14.7 Å². The number of nitrogens with one attached hydrogen (secondary N) is 1. The lowest BCUT2D eigenvalue weighted by atomic mass is 10.3. The Balaban J connectivity index is 2.20. The second-order valence-corrected chi connectivity index (χ2v) is 10.7. The zero-order valence-electron chi connectivity index (χ0n) is 12.3. The molecule has 1 aromatic heterocycles. The van der Waals surface area contributed by atoms with Crippen molar-refractivity contribution in [1.82, 2.24) is 9.62 Å². The van der Waals surface area contributed by atoms with Gasteiger partial charge in [0.15, 0.2) is 0 Å². The molecule has 120 valence electrons. The van der Waals surface area contributed by atoms with Crippen LogP contribution in [0.25, 0.3) is 0 Å². The molecule has 1 aliphatic rings. The second kappa shape index (κ2) is 7.79. The summed E-state index contributed by atoms with van der Waals surface area (Å²) in [7, 11) is -3.38. The number of rotatable bonds is 6. The van der Waals surface area contributed by atoms with E-state index in [2.05, 4.69) is 28.2 Å². The van der Waals surface area contributed by atoms with Crippen molar-refractivity contribution in [2.45, 2.75) is 37.0 Å². The van der Waals surface area contributed by atoms with Crippen molar-refractivity contribution in [3.8, 4) is 0 Å². The molecule has 8 heteroatoms. The van der Waals surface area contributed by atoms with Gasteiger partial charge in [-0.1, -0.05) is 13.8 Å². The first-order chi connectivity index (χ1) is 9.98. The van der Waals surface area contributed by atoms with E-state index in [1.165, 1.54) is 11.3 Å². The smallest absolute Gasteiger partial charge is 0.245 e. The number of halogens is 1. The molecule has 1 aromatic rings. The average molecular weight is 413 g/mol. The quantitative estimate of drug-likeness (QED) is 0.779. The molecule has 1 atom stereocenters. The maximum Gasteiger partial charge on any atom is 0.245 e. The summed E-state index contributed by atoms with van der Waals surface area (Å²) in [5.41, 5.74) is 0. The van der Waals surface area contributed by atoms with Gasteiger partial charge in [0.2, 0.25) is 10.0 Å². The molecule has 2 heterocycles. The lowest BCUT2D eigenvalue weighted by molar-refractivity contribution is 0.416. The van der Waals surface area contributed by atoms with Crippen molar-refractivity contribution < 1.29 is 8.42 Å². The number of thiophene rings is 1. The topological polar surface area (TPSA) is 49.4 Å². The van der Waals surface area contributed by atoms with Crippen LogP contribution in [0.5, 0.6) is 0 Å². The Kier molecular flexibility index (Phi) is 6.58. The maximum atomic E-state index is 12.8. The highest BCUT2D eigenvalue weighted by molar-refractivity contribution is 9.11. The minimum Gasteiger partial charge on any atom is -0.312 e. The number of hydrogen-bond donors (Lipinski definition) is 1. The van der Waals surface area contributed by atoms with Crippen LogP contribution in [-0.2, 0) is 16.6 Å². The summed E-state index contributed by atoms with van der Waals surface area (Å²) in [4.78, 5) is 1.46. The summed E-state index contributed by atoms with van der Waals surface area (Å²) in [6.07, 6.45) is 1.01. The molecule has 0 saturated carbocycles. The van der Waals surface area contributed by atoms with Gasteiger partial charge in [0.1, 0.15) is 4.90 Å². The van der Waals surface area contributed by atoms with E-state index in [1.54, 1.807) is 10.4 Å². The van der Waals surface area contributed by atoms with E-state index in [1.807, 2.05) is 18.7 Å². The van der Waals surface area contributed by atoms with Crippen molar-refractivity contribution in [3.63, 3.8) is 0 Å². The van der Waals surface area contributed by atoms with Crippen molar-refractivity contribution in [1.29, 1.82) is 0 Å². The maximum absolute atomic E-state index is 12.8. The van der Waals surface area contributed by atoms with Gasteiger partial charge in [-0.25, -0.2) is 8.42 Å². The lowest BCUT2D eigenvalue weighted by Crippen LogP contribution is -2.41. The molecule has 0 amide bonds. The van der Waals surface area contributed by atoms with Crippen LogP contribution < -0.4 is 5.32 Å². The fourth-order valence-electron chi connectivity index (χ4n) is 2.21. The van der Waals surface area contributed by atoms with Crippen LogP contribution in [0, 0.1) is 0 Å². The van der Waals surface area contributed by atoms with Crippen LogP contribution >= 0.6 is 39.0 Å². The summed E-state index contributed by atoms with van der Waals surface area (Å²) < 4.78 is 28.0. The first-order valence-electron chi connectivity index (χ1n) is 7.09. The molecule has 1 N–H and O–H groups in total. The summed E-state index contributed by atoms with van der Waals surface area (Å²) in [5, 5.41) is 3.64. The average Bonchev–Trinajstić information content (AvgIpc) is 2.87. The minimum atomic E-state index is -3.38. The largest absolute Gasteiger partial charge is 0.312 e. The monoisotopic (exact) mass is 412 g/mol. The van der Waals surface area contributed by atoms with Gasteiger partial charge >= 0.3 is 0 Å². The first-order valence-corrected chi connectivity index (χ1v) is 11.2. The fourth-order valence-corrected chi connectivity index (χ4v) is 7.68. The highest BCUT2D eigenvalue weighted by Gasteiger charge is 2.32. The third kappa shape index (κ3) is 4.23. The Morgan fingerprint density at radius 3 is 2.90 bits per heavy atom. The van der Waals surface area contributed by atoms with Gasteiger partial charge in [0.05, 0.1) is 3.79 Å². The molecule has 0 aliphatic carbocycles. The predicted molar refractivity (Wildman–Crippen MR) is 94.7 cm³/mol. The normalized spacial score (nSPS) is 20.8. The highest BCUT2D eigenvalue weighted by atomic mass is 79.9. The van der Waals surface area contributed by atoms with Crippen molar-refractivity contribution in [2.24, 2.45) is 0 Å². The van der Waals surface area contributed by atoms with Crippen LogP contribution in [0.15, 0.2) is 14.7 Å². The van der Waals surface area contributed by atoms with E-state index in [4.69, 9.17) is 0 Å². The molecule has 21 heavy (non-hydrogen) atoms. The molecule has 2 rings (SSSR count). The van der Waals surface area contributed by atoms with Crippen molar-refractivity contribution >= 4 is 49.1 Å². The number of nitrogens with zero attached hydrogens (tertiary/aromatic N) is 1. The number of thioether (sulfide) groups is 1. The molecule has 0 aromatic carbocycles. The zero-order valence-corrected chi connectivity index (χ0v) is 16.3. The highest BCUT2D eigenvalue weighted by Crippen LogP contribution is 2.35. The van der Waals surface area contributed by atoms with Crippen LogP contribution in [-0.4, -0.2) is 43.4 Å². The number of hydrogen-bond acceptors (Lipinski definition) is 5. The summed E-state index contributed by atoms with van der Waals surface area (Å²) in [6, 6.07) is 1.80. The first kappa shape index (κ1) is 17.7.